The van der Waals surface area contributed by atoms with Crippen LogP contribution in [0.25, 0.3) is 10.8 Å². The molecule has 0 saturated carbocycles. The molecule has 0 fully saturated rings. The van der Waals surface area contributed by atoms with Gasteiger partial charge in [0.15, 0.2) is 0 Å². The number of hydrogen-bond acceptors (Lipinski definition) is 4. The summed E-state index contributed by atoms with van der Waals surface area (Å²) >= 11 is 0. The van der Waals surface area contributed by atoms with Crippen LogP contribution in [0.2, 0.25) is 0 Å². The van der Waals surface area contributed by atoms with Gasteiger partial charge in [-0.2, -0.15) is 5.10 Å². The van der Waals surface area contributed by atoms with Gasteiger partial charge < -0.3 is 10.1 Å². The van der Waals surface area contributed by atoms with Crippen LogP contribution in [0, 0.1) is 5.82 Å². The van der Waals surface area contributed by atoms with Crippen molar-refractivity contribution in [3.63, 3.8) is 0 Å². The molecule has 2 aromatic carbocycles. The minimum atomic E-state index is -0.590. The molecule has 0 spiro atoms. The predicted molar refractivity (Wildman–Crippen MR) is 95.4 cm³/mol. The topological polar surface area (TPSA) is 73.2 Å². The van der Waals surface area contributed by atoms with Gasteiger partial charge in [0, 0.05) is 12.5 Å². The summed E-state index contributed by atoms with van der Waals surface area (Å²) in [5.74, 6) is -1.13. The Morgan fingerprint density at radius 1 is 1.15 bits per heavy atom. The first-order valence-electron chi connectivity index (χ1n) is 8.12. The van der Waals surface area contributed by atoms with Crippen LogP contribution in [0.3, 0.4) is 0 Å². The Balaban J connectivity index is 1.91. The van der Waals surface area contributed by atoms with Crippen LogP contribution in [0.5, 0.6) is 0 Å². The predicted octanol–water partition coefficient (Wildman–Crippen LogP) is 2.11. The summed E-state index contributed by atoms with van der Waals surface area (Å²) in [5.41, 5.74) is 0.271. The largest absolute Gasteiger partial charge is 0.383 e. The van der Waals surface area contributed by atoms with Gasteiger partial charge in [-0.3, -0.25) is 9.59 Å². The van der Waals surface area contributed by atoms with E-state index in [4.69, 9.17) is 4.74 Å². The monoisotopic (exact) mass is 355 g/mol. The normalized spacial score (nSPS) is 10.8. The smallest absolute Gasteiger partial charge is 0.274 e. The first-order valence-corrected chi connectivity index (χ1v) is 8.12. The summed E-state index contributed by atoms with van der Waals surface area (Å²) in [5, 5.41) is 8.17. The standard InChI is InChI=1S/C19H18FN3O3/c1-26-11-10-23-19(25)14-7-3-2-6-13(14)17(22-23)12-21-18(24)15-8-4-5-9-16(15)20/h2-9H,10-12H2,1H3,(H,21,24). The fraction of sp³-hybridized carbons (Fsp3) is 0.211. The maximum Gasteiger partial charge on any atom is 0.274 e. The average Bonchev–Trinajstić information content (AvgIpc) is 2.67. The molecule has 0 radical (unpaired) electrons. The molecule has 1 heterocycles. The fourth-order valence-electron chi connectivity index (χ4n) is 2.67. The van der Waals surface area contributed by atoms with Crippen molar-refractivity contribution in [3.8, 4) is 0 Å². The summed E-state index contributed by atoms with van der Waals surface area (Å²) in [6.07, 6.45) is 0. The third-order valence-electron chi connectivity index (χ3n) is 3.99. The highest BCUT2D eigenvalue weighted by Crippen LogP contribution is 2.14. The molecule has 1 amide bonds. The van der Waals surface area contributed by atoms with E-state index in [0.29, 0.717) is 29.6 Å². The Hall–Kier alpha value is -3.06. The Morgan fingerprint density at radius 3 is 2.58 bits per heavy atom. The lowest BCUT2D eigenvalue weighted by Gasteiger charge is -2.12. The maximum absolute atomic E-state index is 13.7. The second kappa shape index (κ2) is 7.88. The van der Waals surface area contributed by atoms with Crippen LogP contribution < -0.4 is 10.9 Å². The number of methoxy groups -OCH3 is 1. The zero-order valence-electron chi connectivity index (χ0n) is 14.2. The van der Waals surface area contributed by atoms with Crippen molar-refractivity contribution in [2.24, 2.45) is 0 Å². The molecular formula is C19H18FN3O3. The van der Waals surface area contributed by atoms with Gasteiger partial charge in [0.2, 0.25) is 0 Å². The minimum absolute atomic E-state index is 0.0375. The van der Waals surface area contributed by atoms with E-state index in [1.165, 1.54) is 22.9 Å². The van der Waals surface area contributed by atoms with Crippen LogP contribution in [0.15, 0.2) is 53.3 Å². The molecule has 7 heteroatoms. The number of carbonyl (C=O) groups is 1. The molecular weight excluding hydrogens is 337 g/mol. The van der Waals surface area contributed by atoms with Crippen LogP contribution in [-0.4, -0.2) is 29.4 Å². The second-order valence-electron chi connectivity index (χ2n) is 5.68. The quantitative estimate of drug-likeness (QED) is 0.735. The van der Waals surface area contributed by atoms with Crippen molar-refractivity contribution in [1.82, 2.24) is 15.1 Å². The zero-order valence-corrected chi connectivity index (χ0v) is 14.2. The van der Waals surface area contributed by atoms with Gasteiger partial charge in [-0.15, -0.1) is 0 Å². The van der Waals surface area contributed by atoms with Crippen molar-refractivity contribution >= 4 is 16.7 Å². The Bertz CT molecular complexity index is 1000. The van der Waals surface area contributed by atoms with Gasteiger partial charge >= 0.3 is 0 Å². The van der Waals surface area contributed by atoms with Gasteiger partial charge in [-0.05, 0) is 18.2 Å². The number of benzene rings is 2. The first-order chi connectivity index (χ1) is 12.6. The third kappa shape index (κ3) is 3.62. The number of aromatic nitrogens is 2. The summed E-state index contributed by atoms with van der Waals surface area (Å²) in [6, 6.07) is 12.8. The van der Waals surface area contributed by atoms with Crippen LogP contribution >= 0.6 is 0 Å². The lowest BCUT2D eigenvalue weighted by Crippen LogP contribution is -2.29. The van der Waals surface area contributed by atoms with Gasteiger partial charge in [-0.1, -0.05) is 30.3 Å². The molecule has 0 unspecified atom stereocenters. The first kappa shape index (κ1) is 17.8. The molecule has 0 atom stereocenters. The molecule has 0 saturated heterocycles. The maximum atomic E-state index is 13.7. The molecule has 26 heavy (non-hydrogen) atoms. The van der Waals surface area contributed by atoms with Gasteiger partial charge in [0.25, 0.3) is 11.5 Å². The van der Waals surface area contributed by atoms with Crippen LogP contribution in [0.4, 0.5) is 4.39 Å². The fourth-order valence-corrected chi connectivity index (χ4v) is 2.67. The van der Waals surface area contributed by atoms with Gasteiger partial charge in [-0.25, -0.2) is 9.07 Å². The molecule has 134 valence electrons. The van der Waals surface area contributed by atoms with E-state index in [-0.39, 0.29) is 17.7 Å². The highest BCUT2D eigenvalue weighted by Gasteiger charge is 2.14. The number of fused-ring (bicyclic) bond motifs is 1. The number of amides is 1. The van der Waals surface area contributed by atoms with E-state index >= 15 is 0 Å². The third-order valence-corrected chi connectivity index (χ3v) is 3.99. The zero-order chi connectivity index (χ0) is 18.5. The number of halogens is 1. The van der Waals surface area contributed by atoms with Crippen LogP contribution in [-0.2, 0) is 17.8 Å². The van der Waals surface area contributed by atoms with Crippen molar-refractivity contribution < 1.29 is 13.9 Å². The molecule has 3 rings (SSSR count). The number of rotatable bonds is 6. The number of nitrogens with zero attached hydrogens (tertiary/aromatic N) is 2. The van der Waals surface area contributed by atoms with E-state index < -0.39 is 11.7 Å². The molecule has 1 N–H and O–H groups in total. The summed E-state index contributed by atoms with van der Waals surface area (Å²) < 4.78 is 20.1. The molecule has 0 aliphatic heterocycles. The number of hydrogen-bond donors (Lipinski definition) is 1. The number of ether oxygens (including phenoxy) is 1. The van der Waals surface area contributed by atoms with Crippen molar-refractivity contribution in [2.75, 3.05) is 13.7 Å². The van der Waals surface area contributed by atoms with E-state index in [2.05, 4.69) is 10.4 Å². The minimum Gasteiger partial charge on any atom is -0.383 e. The number of nitrogens with one attached hydrogen (secondary N) is 1. The number of carbonyl (C=O) groups excluding carboxylic acids is 1. The SMILES string of the molecule is COCCn1nc(CNC(=O)c2ccccc2F)c2ccccc2c1=O. The van der Waals surface area contributed by atoms with Gasteiger partial charge in [0.05, 0.1) is 36.3 Å². The Morgan fingerprint density at radius 2 is 1.85 bits per heavy atom. The summed E-state index contributed by atoms with van der Waals surface area (Å²) in [7, 11) is 1.54. The summed E-state index contributed by atoms with van der Waals surface area (Å²) in [6.45, 7) is 0.710. The highest BCUT2D eigenvalue weighted by molar-refractivity contribution is 5.94. The van der Waals surface area contributed by atoms with Crippen molar-refractivity contribution in [3.05, 3.63) is 76.0 Å². The summed E-state index contributed by atoms with van der Waals surface area (Å²) in [4.78, 5) is 24.7. The highest BCUT2D eigenvalue weighted by atomic mass is 19.1. The Labute approximate surface area is 149 Å². The average molecular weight is 355 g/mol. The molecule has 0 aliphatic carbocycles. The van der Waals surface area contributed by atoms with E-state index in [9.17, 15) is 14.0 Å². The molecule has 3 aromatic rings. The van der Waals surface area contributed by atoms with E-state index in [0.717, 1.165) is 0 Å². The van der Waals surface area contributed by atoms with E-state index in [1.54, 1.807) is 37.4 Å². The van der Waals surface area contributed by atoms with Crippen molar-refractivity contribution in [2.45, 2.75) is 13.1 Å². The van der Waals surface area contributed by atoms with Crippen LogP contribution in [0.1, 0.15) is 16.1 Å². The lowest BCUT2D eigenvalue weighted by molar-refractivity contribution is 0.0946. The lowest BCUT2D eigenvalue weighted by atomic mass is 10.1. The van der Waals surface area contributed by atoms with Crippen molar-refractivity contribution in [1.29, 1.82) is 0 Å². The Kier molecular flexibility index (Phi) is 5.38. The van der Waals surface area contributed by atoms with Gasteiger partial charge in [0.1, 0.15) is 5.82 Å². The molecule has 1 aromatic heterocycles. The van der Waals surface area contributed by atoms with E-state index in [1.807, 2.05) is 0 Å². The molecule has 6 nitrogen and oxygen atoms in total. The second-order valence-corrected chi connectivity index (χ2v) is 5.68. The molecule has 0 bridgehead atoms. The molecule has 0 aliphatic rings.